The van der Waals surface area contributed by atoms with Crippen LogP contribution in [0.2, 0.25) is 0 Å². The zero-order chi connectivity index (χ0) is 14.7. The smallest absolute Gasteiger partial charge is 0.0981 e. The van der Waals surface area contributed by atoms with E-state index in [1.165, 1.54) is 31.2 Å². The fourth-order valence-electron chi connectivity index (χ4n) is 5.82. The van der Waals surface area contributed by atoms with Crippen LogP contribution in [-0.2, 0) is 10.3 Å². The standard InChI is InChI=1S/C20H25NO/c21-19-15-8-9-17(19)20(12-15,16-4-2-1-3-5-16)22-18-11-13-6-7-14(18)10-13/h1-7,13-15,17-19H,8-12,21H2. The third kappa shape index (κ3) is 1.74. The Bertz CT molecular complexity index is 597. The van der Waals surface area contributed by atoms with E-state index in [1.807, 2.05) is 0 Å². The molecule has 7 unspecified atom stereocenters. The number of rotatable bonds is 3. The molecular weight excluding hydrogens is 270 g/mol. The monoisotopic (exact) mass is 295 g/mol. The van der Waals surface area contributed by atoms with E-state index in [0.29, 0.717) is 29.9 Å². The predicted octanol–water partition coefficient (Wildman–Crippen LogP) is 3.62. The van der Waals surface area contributed by atoms with Crippen molar-refractivity contribution in [1.29, 1.82) is 0 Å². The van der Waals surface area contributed by atoms with E-state index in [-0.39, 0.29) is 5.60 Å². The van der Waals surface area contributed by atoms with Crippen LogP contribution in [0.4, 0.5) is 0 Å². The molecule has 7 atom stereocenters. The van der Waals surface area contributed by atoms with Crippen molar-refractivity contribution in [3.05, 3.63) is 48.0 Å². The summed E-state index contributed by atoms with van der Waals surface area (Å²) in [4.78, 5) is 0. The first-order valence-electron chi connectivity index (χ1n) is 8.93. The summed E-state index contributed by atoms with van der Waals surface area (Å²) in [6, 6.07) is 11.3. The Morgan fingerprint density at radius 2 is 1.91 bits per heavy atom. The van der Waals surface area contributed by atoms with Gasteiger partial charge in [-0.05, 0) is 49.5 Å². The molecule has 0 saturated heterocycles. The Morgan fingerprint density at radius 1 is 1.05 bits per heavy atom. The summed E-state index contributed by atoms with van der Waals surface area (Å²) in [6.45, 7) is 0. The zero-order valence-corrected chi connectivity index (χ0v) is 13.0. The first-order chi connectivity index (χ1) is 10.8. The zero-order valence-electron chi connectivity index (χ0n) is 13.0. The molecule has 2 N–H and O–H groups in total. The van der Waals surface area contributed by atoms with Crippen LogP contribution >= 0.6 is 0 Å². The molecular formula is C20H25NO. The van der Waals surface area contributed by atoms with Crippen molar-refractivity contribution in [3.63, 3.8) is 0 Å². The predicted molar refractivity (Wildman–Crippen MR) is 87.2 cm³/mol. The van der Waals surface area contributed by atoms with E-state index < -0.39 is 0 Å². The average molecular weight is 295 g/mol. The van der Waals surface area contributed by atoms with Crippen LogP contribution in [0.25, 0.3) is 0 Å². The summed E-state index contributed by atoms with van der Waals surface area (Å²) < 4.78 is 6.95. The van der Waals surface area contributed by atoms with Gasteiger partial charge < -0.3 is 10.5 Å². The maximum absolute atomic E-state index is 6.95. The second kappa shape index (κ2) is 4.69. The van der Waals surface area contributed by atoms with Crippen molar-refractivity contribution < 1.29 is 4.74 Å². The van der Waals surface area contributed by atoms with Crippen molar-refractivity contribution in [3.8, 4) is 0 Å². The Hall–Kier alpha value is -1.12. The van der Waals surface area contributed by atoms with Gasteiger partial charge in [-0.15, -0.1) is 0 Å². The van der Waals surface area contributed by atoms with Gasteiger partial charge >= 0.3 is 0 Å². The molecule has 2 nitrogen and oxygen atoms in total. The molecule has 0 spiro atoms. The van der Waals surface area contributed by atoms with E-state index >= 15 is 0 Å². The van der Waals surface area contributed by atoms with Crippen LogP contribution in [0, 0.1) is 23.7 Å². The lowest BCUT2D eigenvalue weighted by atomic mass is 9.78. The molecule has 116 valence electrons. The maximum Gasteiger partial charge on any atom is 0.0981 e. The molecule has 0 radical (unpaired) electrons. The molecule has 22 heavy (non-hydrogen) atoms. The Kier molecular flexibility index (Phi) is 2.84. The molecule has 2 heteroatoms. The number of hydrogen-bond acceptors (Lipinski definition) is 2. The van der Waals surface area contributed by atoms with Gasteiger partial charge in [0.25, 0.3) is 0 Å². The van der Waals surface area contributed by atoms with Gasteiger partial charge in [0.2, 0.25) is 0 Å². The maximum atomic E-state index is 6.95. The van der Waals surface area contributed by atoms with Gasteiger partial charge in [0.05, 0.1) is 11.7 Å². The lowest BCUT2D eigenvalue weighted by molar-refractivity contribution is -0.140. The highest BCUT2D eigenvalue weighted by molar-refractivity contribution is 5.29. The molecule has 4 bridgehead atoms. The molecule has 4 aliphatic rings. The fourth-order valence-corrected chi connectivity index (χ4v) is 5.82. The summed E-state index contributed by atoms with van der Waals surface area (Å²) in [7, 11) is 0. The number of allylic oxidation sites excluding steroid dienone is 1. The SMILES string of the molecule is NC1C2CCC1C(OC1CC3C=CC1C3)(c1ccccc1)C2. The average Bonchev–Trinajstić information content (AvgIpc) is 3.30. The van der Waals surface area contributed by atoms with Crippen molar-refractivity contribution in [2.45, 2.75) is 49.9 Å². The van der Waals surface area contributed by atoms with Crippen LogP contribution in [0.15, 0.2) is 42.5 Å². The summed E-state index contributed by atoms with van der Waals surface area (Å²) in [6.07, 6.45) is 11.4. The normalized spacial score (nSPS) is 48.4. The molecule has 0 amide bonds. The van der Waals surface area contributed by atoms with E-state index in [0.717, 1.165) is 12.3 Å². The Balaban J connectivity index is 1.52. The van der Waals surface area contributed by atoms with Crippen LogP contribution in [0.1, 0.15) is 37.7 Å². The number of hydrogen-bond donors (Lipinski definition) is 1. The fraction of sp³-hybridized carbons (Fsp3) is 0.600. The molecule has 3 fully saturated rings. The minimum atomic E-state index is -0.118. The molecule has 3 saturated carbocycles. The number of fused-ring (bicyclic) bond motifs is 4. The van der Waals surface area contributed by atoms with E-state index in [9.17, 15) is 0 Å². The van der Waals surface area contributed by atoms with Crippen LogP contribution in [-0.4, -0.2) is 12.1 Å². The van der Waals surface area contributed by atoms with Gasteiger partial charge in [0.1, 0.15) is 0 Å². The highest BCUT2D eigenvalue weighted by Gasteiger charge is 2.59. The van der Waals surface area contributed by atoms with Crippen molar-refractivity contribution >= 4 is 0 Å². The topological polar surface area (TPSA) is 35.2 Å². The van der Waals surface area contributed by atoms with Crippen LogP contribution in [0.3, 0.4) is 0 Å². The van der Waals surface area contributed by atoms with Gasteiger partial charge in [-0.3, -0.25) is 0 Å². The minimum absolute atomic E-state index is 0.118. The second-order valence-corrected chi connectivity index (χ2v) is 7.92. The van der Waals surface area contributed by atoms with Crippen molar-refractivity contribution in [2.24, 2.45) is 29.4 Å². The van der Waals surface area contributed by atoms with E-state index in [1.54, 1.807) is 0 Å². The highest BCUT2D eigenvalue weighted by Crippen LogP contribution is 2.58. The molecule has 0 heterocycles. The number of nitrogens with two attached hydrogens (primary N) is 1. The molecule has 1 aromatic rings. The lowest BCUT2D eigenvalue weighted by Gasteiger charge is -2.42. The summed E-state index contributed by atoms with van der Waals surface area (Å²) in [5, 5.41) is 0. The first kappa shape index (κ1) is 13.3. The lowest BCUT2D eigenvalue weighted by Crippen LogP contribution is -2.42. The highest BCUT2D eigenvalue weighted by atomic mass is 16.5. The van der Waals surface area contributed by atoms with Gasteiger partial charge in [-0.2, -0.15) is 0 Å². The number of benzene rings is 1. The Labute approximate surface area is 132 Å². The quantitative estimate of drug-likeness (QED) is 0.864. The molecule has 4 aliphatic carbocycles. The van der Waals surface area contributed by atoms with Gasteiger partial charge in [0.15, 0.2) is 0 Å². The van der Waals surface area contributed by atoms with Crippen molar-refractivity contribution in [1.82, 2.24) is 0 Å². The first-order valence-corrected chi connectivity index (χ1v) is 8.93. The van der Waals surface area contributed by atoms with Gasteiger partial charge in [0, 0.05) is 17.9 Å². The third-order valence-corrected chi connectivity index (χ3v) is 6.86. The third-order valence-electron chi connectivity index (χ3n) is 6.86. The van der Waals surface area contributed by atoms with E-state index in [4.69, 9.17) is 10.5 Å². The summed E-state index contributed by atoms with van der Waals surface area (Å²) >= 11 is 0. The number of ether oxygens (including phenoxy) is 1. The van der Waals surface area contributed by atoms with Crippen molar-refractivity contribution in [2.75, 3.05) is 0 Å². The summed E-state index contributed by atoms with van der Waals surface area (Å²) in [5.41, 5.74) is 7.80. The molecule has 0 aromatic heterocycles. The van der Waals surface area contributed by atoms with Crippen LogP contribution < -0.4 is 5.73 Å². The molecule has 5 rings (SSSR count). The molecule has 1 aromatic carbocycles. The van der Waals surface area contributed by atoms with Gasteiger partial charge in [-0.1, -0.05) is 42.5 Å². The van der Waals surface area contributed by atoms with Crippen LogP contribution in [0.5, 0.6) is 0 Å². The largest absolute Gasteiger partial charge is 0.366 e. The van der Waals surface area contributed by atoms with E-state index in [2.05, 4.69) is 42.5 Å². The second-order valence-electron chi connectivity index (χ2n) is 7.92. The minimum Gasteiger partial charge on any atom is -0.366 e. The Morgan fingerprint density at radius 3 is 2.50 bits per heavy atom. The van der Waals surface area contributed by atoms with Gasteiger partial charge in [-0.25, -0.2) is 0 Å². The summed E-state index contributed by atoms with van der Waals surface area (Å²) in [5.74, 6) is 2.55. The molecule has 0 aliphatic heterocycles.